The monoisotopic (exact) mass is 715 g/mol. The second-order valence-electron chi connectivity index (χ2n) is 14.1. The second kappa shape index (κ2) is 14.4. The summed E-state index contributed by atoms with van der Waals surface area (Å²) < 4.78 is 2.27. The van der Waals surface area contributed by atoms with Crippen molar-refractivity contribution >= 4 is 38.9 Å². The van der Waals surface area contributed by atoms with E-state index < -0.39 is 0 Å². The van der Waals surface area contributed by atoms with Crippen LogP contribution in [0.5, 0.6) is 0 Å². The molecule has 10 rings (SSSR count). The second-order valence-corrected chi connectivity index (χ2v) is 14.1. The Kier molecular flexibility index (Phi) is 8.51. The summed E-state index contributed by atoms with van der Waals surface area (Å²) in [5, 5.41) is 2.44. The van der Waals surface area contributed by atoms with E-state index in [1.54, 1.807) is 0 Å². The van der Waals surface area contributed by atoms with Crippen molar-refractivity contribution in [2.45, 2.75) is 0 Å². The van der Waals surface area contributed by atoms with Crippen molar-refractivity contribution in [1.29, 1.82) is 0 Å². The number of benzene rings is 9. The first-order valence-corrected chi connectivity index (χ1v) is 19.0. The van der Waals surface area contributed by atoms with E-state index in [0.29, 0.717) is 0 Å². The third kappa shape index (κ3) is 6.31. The lowest BCUT2D eigenvalue weighted by Gasteiger charge is -2.26. The van der Waals surface area contributed by atoms with Gasteiger partial charge in [0.1, 0.15) is 5.82 Å². The Hall–Kier alpha value is -7.49. The van der Waals surface area contributed by atoms with Gasteiger partial charge in [-0.3, -0.25) is 4.57 Å². The molecule has 0 unspecified atom stereocenters. The Balaban J connectivity index is 1.01. The van der Waals surface area contributed by atoms with Crippen molar-refractivity contribution < 1.29 is 0 Å². The molecule has 264 valence electrons. The molecule has 0 atom stereocenters. The topological polar surface area (TPSA) is 21.1 Å². The smallest absolute Gasteiger partial charge is 0.145 e. The Labute approximate surface area is 327 Å². The molecule has 3 nitrogen and oxygen atoms in total. The van der Waals surface area contributed by atoms with Crippen LogP contribution in [0.25, 0.3) is 72.3 Å². The van der Waals surface area contributed by atoms with Crippen LogP contribution < -0.4 is 4.90 Å². The Morgan fingerprint density at radius 3 is 1.48 bits per heavy atom. The van der Waals surface area contributed by atoms with Crippen LogP contribution >= 0.6 is 0 Å². The van der Waals surface area contributed by atoms with E-state index in [4.69, 9.17) is 4.98 Å². The Morgan fingerprint density at radius 1 is 0.321 bits per heavy atom. The summed E-state index contributed by atoms with van der Waals surface area (Å²) in [5.41, 5.74) is 14.6. The average molecular weight is 716 g/mol. The minimum Gasteiger partial charge on any atom is -0.310 e. The molecular weight excluding hydrogens is 679 g/mol. The van der Waals surface area contributed by atoms with Gasteiger partial charge < -0.3 is 4.90 Å². The highest BCUT2D eigenvalue weighted by molar-refractivity contribution is 5.91. The van der Waals surface area contributed by atoms with E-state index in [-0.39, 0.29) is 0 Å². The lowest BCUT2D eigenvalue weighted by Crippen LogP contribution is -2.09. The van der Waals surface area contributed by atoms with Gasteiger partial charge in [0, 0.05) is 28.3 Å². The minimum atomic E-state index is 0.933. The Morgan fingerprint density at radius 2 is 0.804 bits per heavy atom. The van der Waals surface area contributed by atoms with E-state index in [1.165, 1.54) is 27.5 Å². The van der Waals surface area contributed by atoms with Gasteiger partial charge in [0.25, 0.3) is 0 Å². The van der Waals surface area contributed by atoms with E-state index in [2.05, 4.69) is 228 Å². The largest absolute Gasteiger partial charge is 0.310 e. The van der Waals surface area contributed by atoms with Gasteiger partial charge >= 0.3 is 0 Å². The summed E-state index contributed by atoms with van der Waals surface area (Å²) in [7, 11) is 0. The van der Waals surface area contributed by atoms with Crippen LogP contribution in [0.3, 0.4) is 0 Å². The van der Waals surface area contributed by atoms with Gasteiger partial charge in [-0.15, -0.1) is 0 Å². The first kappa shape index (κ1) is 33.1. The van der Waals surface area contributed by atoms with Gasteiger partial charge in [-0.1, -0.05) is 158 Å². The third-order valence-electron chi connectivity index (χ3n) is 10.6. The zero-order chi connectivity index (χ0) is 37.3. The fourth-order valence-electron chi connectivity index (χ4n) is 7.75. The molecule has 10 aromatic rings. The maximum Gasteiger partial charge on any atom is 0.145 e. The number of nitrogens with zero attached hydrogens (tertiary/aromatic N) is 3. The molecule has 0 aliphatic heterocycles. The zero-order valence-corrected chi connectivity index (χ0v) is 30.7. The molecule has 0 aliphatic rings. The molecule has 3 heteroatoms. The molecule has 56 heavy (non-hydrogen) atoms. The van der Waals surface area contributed by atoms with Crippen molar-refractivity contribution in [2.75, 3.05) is 4.90 Å². The number of hydrogen-bond acceptors (Lipinski definition) is 2. The summed E-state index contributed by atoms with van der Waals surface area (Å²) in [6.45, 7) is 0. The fourth-order valence-corrected chi connectivity index (χ4v) is 7.75. The molecule has 0 amide bonds. The van der Waals surface area contributed by atoms with Gasteiger partial charge in [0.15, 0.2) is 0 Å². The highest BCUT2D eigenvalue weighted by atomic mass is 15.1. The highest BCUT2D eigenvalue weighted by Gasteiger charge is 2.17. The summed E-state index contributed by atoms with van der Waals surface area (Å²) in [6, 6.07) is 80.0. The maximum absolute atomic E-state index is 5.12. The highest BCUT2D eigenvalue weighted by Crippen LogP contribution is 2.39. The molecule has 0 N–H and O–H groups in total. The SMILES string of the molecule is c1ccc(-c2ccc(N(c3ccc(-c4cccc(-c5ccc6nc(-c7ccccc7)n(-c7ccccc7)c6c5)c4)cc3)c3ccc4ccccc4c3)cc2)cc1. The number of fused-ring (bicyclic) bond motifs is 2. The minimum absolute atomic E-state index is 0.933. The lowest BCUT2D eigenvalue weighted by molar-refractivity contribution is 1.10. The van der Waals surface area contributed by atoms with E-state index in [1.807, 2.05) is 6.07 Å². The lowest BCUT2D eigenvalue weighted by atomic mass is 9.98. The molecular formula is C53H37N3. The number of para-hydroxylation sites is 1. The van der Waals surface area contributed by atoms with Gasteiger partial charge in [0.05, 0.1) is 11.0 Å². The molecule has 0 saturated carbocycles. The number of anilines is 3. The molecule has 0 saturated heterocycles. The molecule has 1 aromatic heterocycles. The predicted octanol–water partition coefficient (Wildman–Crippen LogP) is 14.3. The number of rotatable bonds is 8. The molecule has 0 spiro atoms. The van der Waals surface area contributed by atoms with Crippen molar-refractivity contribution in [3.8, 4) is 50.5 Å². The van der Waals surface area contributed by atoms with E-state index >= 15 is 0 Å². The summed E-state index contributed by atoms with van der Waals surface area (Å²) in [4.78, 5) is 7.46. The van der Waals surface area contributed by atoms with Crippen molar-refractivity contribution in [3.05, 3.63) is 224 Å². The first-order chi connectivity index (χ1) is 27.7. The summed E-state index contributed by atoms with van der Waals surface area (Å²) in [5.74, 6) is 0.933. The number of aromatic nitrogens is 2. The van der Waals surface area contributed by atoms with Crippen LogP contribution in [0, 0.1) is 0 Å². The standard InChI is InChI=1S/C53H37N3/c1-4-13-38(14-5-1)40-23-29-48(30-24-40)55(50-33-27-39-15-10-11-18-45(39)36-50)49-31-25-41(26-32-49)43-19-12-20-44(35-43)46-28-34-51-52(37-46)56(47-21-8-3-9-22-47)53(54-51)42-16-6-2-7-17-42/h1-37H. The zero-order valence-electron chi connectivity index (χ0n) is 30.7. The number of hydrogen-bond donors (Lipinski definition) is 0. The predicted molar refractivity (Wildman–Crippen MR) is 235 cm³/mol. The van der Waals surface area contributed by atoms with Crippen molar-refractivity contribution in [2.24, 2.45) is 0 Å². The van der Waals surface area contributed by atoms with Crippen LogP contribution in [0.1, 0.15) is 0 Å². The maximum atomic E-state index is 5.12. The van der Waals surface area contributed by atoms with Crippen molar-refractivity contribution in [3.63, 3.8) is 0 Å². The quantitative estimate of drug-likeness (QED) is 0.156. The molecule has 1 heterocycles. The van der Waals surface area contributed by atoms with E-state index in [9.17, 15) is 0 Å². The van der Waals surface area contributed by atoms with Crippen LogP contribution in [0.2, 0.25) is 0 Å². The molecule has 9 aromatic carbocycles. The van der Waals surface area contributed by atoms with Gasteiger partial charge in [0.2, 0.25) is 0 Å². The molecule has 0 aliphatic carbocycles. The van der Waals surface area contributed by atoms with Crippen LogP contribution in [0.4, 0.5) is 17.1 Å². The van der Waals surface area contributed by atoms with Crippen molar-refractivity contribution in [1.82, 2.24) is 9.55 Å². The third-order valence-corrected chi connectivity index (χ3v) is 10.6. The Bertz CT molecular complexity index is 2930. The molecule has 0 bridgehead atoms. The van der Waals surface area contributed by atoms with Crippen LogP contribution in [0.15, 0.2) is 224 Å². The van der Waals surface area contributed by atoms with Gasteiger partial charge in [-0.25, -0.2) is 4.98 Å². The molecule has 0 radical (unpaired) electrons. The van der Waals surface area contributed by atoms with Crippen LogP contribution in [-0.4, -0.2) is 9.55 Å². The molecule has 0 fully saturated rings. The van der Waals surface area contributed by atoms with Gasteiger partial charge in [-0.2, -0.15) is 0 Å². The average Bonchev–Trinajstić information content (AvgIpc) is 3.67. The summed E-state index contributed by atoms with van der Waals surface area (Å²) in [6.07, 6.45) is 0. The van der Waals surface area contributed by atoms with E-state index in [0.717, 1.165) is 61.9 Å². The van der Waals surface area contributed by atoms with Crippen LogP contribution in [-0.2, 0) is 0 Å². The van der Waals surface area contributed by atoms with Gasteiger partial charge in [-0.05, 0) is 111 Å². The summed E-state index contributed by atoms with van der Waals surface area (Å²) >= 11 is 0. The normalized spacial score (nSPS) is 11.2. The number of imidazole rings is 1. The first-order valence-electron chi connectivity index (χ1n) is 19.0. The fraction of sp³-hybridized carbons (Fsp3) is 0.